The van der Waals surface area contributed by atoms with Crippen molar-refractivity contribution in [3.8, 4) is 5.75 Å². The van der Waals surface area contributed by atoms with Crippen molar-refractivity contribution in [2.45, 2.75) is 12.7 Å². The molecule has 3 aromatic rings. The highest BCUT2D eigenvalue weighted by Crippen LogP contribution is 2.29. The van der Waals surface area contributed by atoms with Gasteiger partial charge in [-0.25, -0.2) is 0 Å². The second-order valence-corrected chi connectivity index (χ2v) is 6.58. The average molecular weight is 416 g/mol. The summed E-state index contributed by atoms with van der Waals surface area (Å²) in [4.78, 5) is 24.0. The van der Waals surface area contributed by atoms with Crippen LogP contribution in [0.25, 0.3) is 10.8 Å². The van der Waals surface area contributed by atoms with E-state index >= 15 is 0 Å². The second-order valence-electron chi connectivity index (χ2n) is 6.58. The van der Waals surface area contributed by atoms with Gasteiger partial charge in [-0.2, -0.15) is 13.2 Å². The van der Waals surface area contributed by atoms with Gasteiger partial charge in [0.15, 0.2) is 0 Å². The van der Waals surface area contributed by atoms with Crippen molar-refractivity contribution in [1.29, 1.82) is 0 Å². The molecule has 2 amide bonds. The van der Waals surface area contributed by atoms with Gasteiger partial charge in [0, 0.05) is 12.1 Å². The number of carbonyl (C=O) groups excluding carboxylic acids is 2. The molecule has 8 heteroatoms. The number of hydrogen-bond donors (Lipinski definition) is 2. The van der Waals surface area contributed by atoms with Gasteiger partial charge >= 0.3 is 6.18 Å². The Morgan fingerprint density at radius 1 is 0.900 bits per heavy atom. The van der Waals surface area contributed by atoms with Crippen LogP contribution in [0.3, 0.4) is 0 Å². The molecule has 5 nitrogen and oxygen atoms in total. The van der Waals surface area contributed by atoms with E-state index < -0.39 is 23.6 Å². The molecular formula is C22H19F3N2O3. The summed E-state index contributed by atoms with van der Waals surface area (Å²) < 4.78 is 42.9. The molecule has 2 N–H and O–H groups in total. The fraction of sp³-hybridized carbons (Fsp3) is 0.182. The molecule has 0 fully saturated rings. The Hall–Kier alpha value is -3.55. The first-order valence-electron chi connectivity index (χ1n) is 9.05. The highest BCUT2D eigenvalue weighted by Gasteiger charge is 2.30. The highest BCUT2D eigenvalue weighted by molar-refractivity contribution is 5.96. The Kier molecular flexibility index (Phi) is 6.25. The first-order chi connectivity index (χ1) is 14.3. The molecule has 0 radical (unpaired) electrons. The first kappa shape index (κ1) is 21.2. The number of carbonyl (C=O) groups is 2. The Morgan fingerprint density at radius 3 is 2.23 bits per heavy atom. The molecule has 0 saturated heterocycles. The van der Waals surface area contributed by atoms with Crippen molar-refractivity contribution in [1.82, 2.24) is 10.6 Å². The number of nitrogens with one attached hydrogen (secondary N) is 2. The summed E-state index contributed by atoms with van der Waals surface area (Å²) in [5.41, 5.74) is 0.0847. The molecule has 156 valence electrons. The minimum atomic E-state index is -4.47. The lowest BCUT2D eigenvalue weighted by atomic mass is 10.1. The van der Waals surface area contributed by atoms with Gasteiger partial charge in [0.25, 0.3) is 5.91 Å². The van der Waals surface area contributed by atoms with E-state index in [0.717, 1.165) is 46.4 Å². The van der Waals surface area contributed by atoms with Crippen molar-refractivity contribution in [2.75, 3.05) is 13.7 Å². The van der Waals surface area contributed by atoms with Crippen molar-refractivity contribution in [3.05, 3.63) is 77.4 Å². The number of ether oxygens (including phenoxy) is 1. The van der Waals surface area contributed by atoms with Gasteiger partial charge in [0.05, 0.1) is 19.2 Å². The summed E-state index contributed by atoms with van der Waals surface area (Å²) in [5, 5.41) is 7.09. The summed E-state index contributed by atoms with van der Waals surface area (Å²) in [7, 11) is 1.60. The molecule has 30 heavy (non-hydrogen) atoms. The number of fused-ring (bicyclic) bond motifs is 1. The van der Waals surface area contributed by atoms with E-state index in [4.69, 9.17) is 4.74 Å². The molecule has 0 aliphatic heterocycles. The third-order valence-electron chi connectivity index (χ3n) is 4.49. The number of benzene rings is 3. The van der Waals surface area contributed by atoms with E-state index in [9.17, 15) is 22.8 Å². The Morgan fingerprint density at radius 2 is 1.57 bits per heavy atom. The van der Waals surface area contributed by atoms with Crippen LogP contribution in [-0.4, -0.2) is 25.5 Å². The highest BCUT2D eigenvalue weighted by atomic mass is 19.4. The maximum Gasteiger partial charge on any atom is 0.416 e. The van der Waals surface area contributed by atoms with Gasteiger partial charge in [-0.15, -0.1) is 0 Å². The summed E-state index contributed by atoms with van der Waals surface area (Å²) >= 11 is 0. The Bertz CT molecular complexity index is 1060. The molecule has 3 aromatic carbocycles. The molecular weight excluding hydrogens is 397 g/mol. The number of hydrogen-bond acceptors (Lipinski definition) is 3. The number of halogens is 3. The number of alkyl halides is 3. The minimum Gasteiger partial charge on any atom is -0.497 e. The molecule has 0 atom stereocenters. The Balaban J connectivity index is 1.51. The predicted octanol–water partition coefficient (Wildman–Crippen LogP) is 3.91. The molecule has 3 rings (SSSR count). The normalized spacial score (nSPS) is 11.2. The van der Waals surface area contributed by atoms with Gasteiger partial charge < -0.3 is 15.4 Å². The molecule has 0 bridgehead atoms. The molecule has 0 aliphatic rings. The number of methoxy groups -OCH3 is 1. The maximum absolute atomic E-state index is 12.6. The summed E-state index contributed by atoms with van der Waals surface area (Å²) in [6, 6.07) is 15.2. The van der Waals surface area contributed by atoms with Gasteiger partial charge in [0.1, 0.15) is 5.75 Å². The second kappa shape index (κ2) is 8.86. The van der Waals surface area contributed by atoms with E-state index in [2.05, 4.69) is 10.6 Å². The molecule has 0 aliphatic carbocycles. The fourth-order valence-corrected chi connectivity index (χ4v) is 2.85. The van der Waals surface area contributed by atoms with Crippen LogP contribution >= 0.6 is 0 Å². The van der Waals surface area contributed by atoms with Crippen LogP contribution in [0.4, 0.5) is 13.2 Å². The van der Waals surface area contributed by atoms with Gasteiger partial charge in [-0.3, -0.25) is 9.59 Å². The zero-order valence-corrected chi connectivity index (χ0v) is 16.0. The third-order valence-corrected chi connectivity index (χ3v) is 4.49. The molecule has 0 saturated carbocycles. The van der Waals surface area contributed by atoms with Crippen LogP contribution in [0.5, 0.6) is 5.75 Å². The van der Waals surface area contributed by atoms with Crippen LogP contribution < -0.4 is 15.4 Å². The third kappa shape index (κ3) is 5.28. The minimum absolute atomic E-state index is 0.0424. The maximum atomic E-state index is 12.6. The zero-order chi connectivity index (χ0) is 21.7. The number of rotatable bonds is 6. The van der Waals surface area contributed by atoms with E-state index in [-0.39, 0.29) is 18.7 Å². The largest absolute Gasteiger partial charge is 0.497 e. The van der Waals surface area contributed by atoms with Crippen molar-refractivity contribution >= 4 is 22.6 Å². The van der Waals surface area contributed by atoms with Crippen LogP contribution in [-0.2, 0) is 17.5 Å². The van der Waals surface area contributed by atoms with E-state index in [1.54, 1.807) is 7.11 Å². The lowest BCUT2D eigenvalue weighted by Gasteiger charge is -2.09. The van der Waals surface area contributed by atoms with Crippen LogP contribution in [0.2, 0.25) is 0 Å². The smallest absolute Gasteiger partial charge is 0.416 e. The summed E-state index contributed by atoms with van der Waals surface area (Å²) in [5.74, 6) is -0.282. The van der Waals surface area contributed by atoms with Crippen molar-refractivity contribution < 1.29 is 27.5 Å². The fourth-order valence-electron chi connectivity index (χ4n) is 2.85. The molecule has 0 spiro atoms. The van der Waals surface area contributed by atoms with Crippen molar-refractivity contribution in [2.24, 2.45) is 0 Å². The molecule has 0 aromatic heterocycles. The van der Waals surface area contributed by atoms with Gasteiger partial charge in [-0.1, -0.05) is 18.2 Å². The summed E-state index contributed by atoms with van der Waals surface area (Å²) in [6.45, 7) is -0.0123. The monoisotopic (exact) mass is 416 g/mol. The standard InChI is InChI=1S/C22H19F3N2O3/c1-30-19-9-6-16-10-14(2-3-17(16)11-19)12-26-20(28)13-27-21(29)15-4-7-18(8-5-15)22(23,24)25/h2-11H,12-13H2,1H3,(H,26,28)(H,27,29). The predicted molar refractivity (Wildman–Crippen MR) is 106 cm³/mol. The van der Waals surface area contributed by atoms with Crippen LogP contribution in [0.1, 0.15) is 21.5 Å². The van der Waals surface area contributed by atoms with Gasteiger partial charge in [0.2, 0.25) is 5.91 Å². The van der Waals surface area contributed by atoms with E-state index in [0.29, 0.717) is 0 Å². The van der Waals surface area contributed by atoms with Crippen LogP contribution in [0.15, 0.2) is 60.7 Å². The lowest BCUT2D eigenvalue weighted by Crippen LogP contribution is -2.36. The Labute approximate surface area is 170 Å². The van der Waals surface area contributed by atoms with E-state index in [1.165, 1.54) is 0 Å². The van der Waals surface area contributed by atoms with E-state index in [1.807, 2.05) is 36.4 Å². The molecule has 0 unspecified atom stereocenters. The topological polar surface area (TPSA) is 67.4 Å². The lowest BCUT2D eigenvalue weighted by molar-refractivity contribution is -0.137. The van der Waals surface area contributed by atoms with Crippen LogP contribution in [0, 0.1) is 0 Å². The van der Waals surface area contributed by atoms with Gasteiger partial charge in [-0.05, 0) is 58.8 Å². The first-order valence-corrected chi connectivity index (χ1v) is 9.05. The molecule has 0 heterocycles. The average Bonchev–Trinajstić information content (AvgIpc) is 2.75. The number of amides is 2. The SMILES string of the molecule is COc1ccc2cc(CNC(=O)CNC(=O)c3ccc(C(F)(F)F)cc3)ccc2c1. The summed E-state index contributed by atoms with van der Waals surface area (Å²) in [6.07, 6.45) is -4.47. The quantitative estimate of drug-likeness (QED) is 0.640. The van der Waals surface area contributed by atoms with Crippen molar-refractivity contribution in [3.63, 3.8) is 0 Å². The zero-order valence-electron chi connectivity index (χ0n) is 16.0.